The van der Waals surface area contributed by atoms with Crippen LogP contribution < -0.4 is 0 Å². The molecule has 3 aromatic rings. The van der Waals surface area contributed by atoms with Gasteiger partial charge in [-0.15, -0.1) is 0 Å². The van der Waals surface area contributed by atoms with Crippen molar-refractivity contribution < 1.29 is 5.11 Å². The molecule has 1 aromatic heterocycles. The van der Waals surface area contributed by atoms with Gasteiger partial charge < -0.3 is 9.67 Å². The normalized spacial score (nSPS) is 10.8. The summed E-state index contributed by atoms with van der Waals surface area (Å²) in [4.78, 5) is 4.70. The van der Waals surface area contributed by atoms with E-state index in [-0.39, 0.29) is 6.61 Å². The van der Waals surface area contributed by atoms with E-state index in [0.717, 1.165) is 26.9 Å². The van der Waals surface area contributed by atoms with E-state index < -0.39 is 0 Å². The van der Waals surface area contributed by atoms with E-state index in [0.29, 0.717) is 18.5 Å². The molecule has 2 aromatic carbocycles. The summed E-state index contributed by atoms with van der Waals surface area (Å²) < 4.78 is 3.08. The zero-order valence-corrected chi connectivity index (χ0v) is 13.4. The molecular formula is C17H14BrN3O. The molecule has 0 radical (unpaired) electrons. The van der Waals surface area contributed by atoms with Crippen LogP contribution in [0.15, 0.2) is 46.9 Å². The van der Waals surface area contributed by atoms with E-state index in [4.69, 9.17) is 15.4 Å². The van der Waals surface area contributed by atoms with E-state index in [2.05, 4.69) is 26.6 Å². The van der Waals surface area contributed by atoms with Crippen LogP contribution in [0.2, 0.25) is 0 Å². The fraction of sp³-hybridized carbons (Fsp3) is 0.176. The van der Waals surface area contributed by atoms with Gasteiger partial charge in [-0.25, -0.2) is 4.98 Å². The Kier molecular flexibility index (Phi) is 4.23. The first-order chi connectivity index (χ1) is 10.7. The molecule has 0 aliphatic carbocycles. The molecule has 4 nitrogen and oxygen atoms in total. The van der Waals surface area contributed by atoms with Crippen molar-refractivity contribution in [3.05, 3.63) is 52.5 Å². The molecule has 0 bridgehead atoms. The van der Waals surface area contributed by atoms with Crippen molar-refractivity contribution in [1.82, 2.24) is 9.55 Å². The Labute approximate surface area is 136 Å². The van der Waals surface area contributed by atoms with Crippen LogP contribution in [0.1, 0.15) is 12.0 Å². The van der Waals surface area contributed by atoms with Gasteiger partial charge in [0.1, 0.15) is 5.82 Å². The molecule has 1 N–H and O–H groups in total. The Morgan fingerprint density at radius 3 is 2.86 bits per heavy atom. The molecule has 5 heteroatoms. The lowest BCUT2D eigenvalue weighted by molar-refractivity contribution is 0.281. The Morgan fingerprint density at radius 2 is 2.09 bits per heavy atom. The number of hydrogen-bond donors (Lipinski definition) is 1. The molecule has 1 heterocycles. The van der Waals surface area contributed by atoms with Gasteiger partial charge in [-0.05, 0) is 36.8 Å². The van der Waals surface area contributed by atoms with Crippen LogP contribution in [0, 0.1) is 11.3 Å². The molecule has 0 amide bonds. The zero-order valence-electron chi connectivity index (χ0n) is 11.8. The van der Waals surface area contributed by atoms with Crippen LogP contribution in [0.3, 0.4) is 0 Å². The number of aryl methyl sites for hydroxylation is 1. The summed E-state index contributed by atoms with van der Waals surface area (Å²) in [5.74, 6) is 0.818. The third-order valence-corrected chi connectivity index (χ3v) is 3.99. The summed E-state index contributed by atoms with van der Waals surface area (Å²) in [6.45, 7) is 0.806. The van der Waals surface area contributed by atoms with Crippen molar-refractivity contribution in [1.29, 1.82) is 5.26 Å². The number of benzene rings is 2. The summed E-state index contributed by atoms with van der Waals surface area (Å²) in [6, 6.07) is 15.5. The lowest BCUT2D eigenvalue weighted by Crippen LogP contribution is -2.02. The van der Waals surface area contributed by atoms with Crippen LogP contribution in [0.5, 0.6) is 0 Å². The maximum absolute atomic E-state index is 9.15. The van der Waals surface area contributed by atoms with Gasteiger partial charge in [0.05, 0.1) is 22.7 Å². The average Bonchev–Trinajstić information content (AvgIpc) is 2.90. The number of fused-ring (bicyclic) bond motifs is 1. The molecule has 0 saturated heterocycles. The lowest BCUT2D eigenvalue weighted by Gasteiger charge is -2.09. The summed E-state index contributed by atoms with van der Waals surface area (Å²) in [7, 11) is 0. The minimum atomic E-state index is 0.130. The van der Waals surface area contributed by atoms with Gasteiger partial charge in [0, 0.05) is 23.2 Å². The highest BCUT2D eigenvalue weighted by Crippen LogP contribution is 2.27. The molecule has 110 valence electrons. The number of imidazole rings is 1. The highest BCUT2D eigenvalue weighted by Gasteiger charge is 2.13. The van der Waals surface area contributed by atoms with Crippen molar-refractivity contribution in [3.63, 3.8) is 0 Å². The SMILES string of the molecule is N#Cc1cccc(-c2nc3ccc(Br)cc3n2CCCO)c1. The van der Waals surface area contributed by atoms with Crippen molar-refractivity contribution in [2.45, 2.75) is 13.0 Å². The largest absolute Gasteiger partial charge is 0.396 e. The van der Waals surface area contributed by atoms with Crippen LogP contribution in [-0.4, -0.2) is 21.3 Å². The smallest absolute Gasteiger partial charge is 0.141 e. The van der Waals surface area contributed by atoms with Crippen molar-refractivity contribution in [3.8, 4) is 17.5 Å². The van der Waals surface area contributed by atoms with Crippen molar-refractivity contribution in [2.75, 3.05) is 6.61 Å². The number of aliphatic hydroxyl groups excluding tert-OH is 1. The molecule has 0 atom stereocenters. The lowest BCUT2D eigenvalue weighted by atomic mass is 10.1. The third kappa shape index (κ3) is 2.76. The fourth-order valence-corrected chi connectivity index (χ4v) is 2.85. The van der Waals surface area contributed by atoms with Gasteiger partial charge in [-0.1, -0.05) is 28.1 Å². The van der Waals surface area contributed by atoms with E-state index in [1.54, 1.807) is 6.07 Å². The number of aliphatic hydroxyl groups is 1. The highest BCUT2D eigenvalue weighted by atomic mass is 79.9. The molecule has 0 spiro atoms. The van der Waals surface area contributed by atoms with E-state index in [1.165, 1.54) is 0 Å². The van der Waals surface area contributed by atoms with Crippen LogP contribution in [0.25, 0.3) is 22.4 Å². The monoisotopic (exact) mass is 355 g/mol. The van der Waals surface area contributed by atoms with E-state index in [9.17, 15) is 0 Å². The van der Waals surface area contributed by atoms with Crippen molar-refractivity contribution in [2.24, 2.45) is 0 Å². The maximum Gasteiger partial charge on any atom is 0.141 e. The minimum absolute atomic E-state index is 0.130. The van der Waals surface area contributed by atoms with Gasteiger partial charge in [0.15, 0.2) is 0 Å². The molecule has 0 unspecified atom stereocenters. The summed E-state index contributed by atoms with van der Waals surface area (Å²) in [6.07, 6.45) is 0.656. The highest BCUT2D eigenvalue weighted by molar-refractivity contribution is 9.10. The predicted octanol–water partition coefficient (Wildman–Crippen LogP) is 3.72. The minimum Gasteiger partial charge on any atom is -0.396 e. The topological polar surface area (TPSA) is 61.8 Å². The maximum atomic E-state index is 9.15. The van der Waals surface area contributed by atoms with E-state index >= 15 is 0 Å². The number of aromatic nitrogens is 2. The molecular weight excluding hydrogens is 342 g/mol. The third-order valence-electron chi connectivity index (χ3n) is 3.50. The van der Waals surface area contributed by atoms with Gasteiger partial charge >= 0.3 is 0 Å². The van der Waals surface area contributed by atoms with Gasteiger partial charge in [-0.3, -0.25) is 0 Å². The molecule has 3 rings (SSSR count). The number of nitriles is 1. The van der Waals surface area contributed by atoms with Crippen molar-refractivity contribution >= 4 is 27.0 Å². The first-order valence-electron chi connectivity index (χ1n) is 7.00. The van der Waals surface area contributed by atoms with Gasteiger partial charge in [-0.2, -0.15) is 5.26 Å². The standard InChI is InChI=1S/C17H14BrN3O/c18-14-5-6-15-16(10-14)21(7-2-8-22)17(20-15)13-4-1-3-12(9-13)11-19/h1,3-6,9-10,22H,2,7-8H2. The van der Waals surface area contributed by atoms with E-state index in [1.807, 2.05) is 36.4 Å². The summed E-state index contributed by atoms with van der Waals surface area (Å²) in [5, 5.41) is 18.2. The number of rotatable bonds is 4. The second-order valence-corrected chi connectivity index (χ2v) is 5.91. The number of halogens is 1. The number of hydrogen-bond acceptors (Lipinski definition) is 3. The number of nitrogens with zero attached hydrogens (tertiary/aromatic N) is 3. The van der Waals surface area contributed by atoms with Crippen LogP contribution in [-0.2, 0) is 6.54 Å². The zero-order chi connectivity index (χ0) is 15.5. The Morgan fingerprint density at radius 1 is 1.23 bits per heavy atom. The average molecular weight is 356 g/mol. The summed E-state index contributed by atoms with van der Waals surface area (Å²) >= 11 is 3.49. The molecule has 22 heavy (non-hydrogen) atoms. The molecule has 0 saturated carbocycles. The second-order valence-electron chi connectivity index (χ2n) is 4.99. The fourth-order valence-electron chi connectivity index (χ4n) is 2.50. The molecule has 0 fully saturated rings. The second kappa shape index (κ2) is 6.30. The first-order valence-corrected chi connectivity index (χ1v) is 7.79. The molecule has 0 aliphatic rings. The molecule has 0 aliphatic heterocycles. The Bertz CT molecular complexity index is 864. The Balaban J connectivity index is 2.21. The first kappa shape index (κ1) is 14.8. The van der Waals surface area contributed by atoms with Gasteiger partial charge in [0.2, 0.25) is 0 Å². The summed E-state index contributed by atoms with van der Waals surface area (Å²) in [5.41, 5.74) is 3.43. The predicted molar refractivity (Wildman–Crippen MR) is 89.3 cm³/mol. The van der Waals surface area contributed by atoms with Crippen LogP contribution >= 0.6 is 15.9 Å². The Hall–Kier alpha value is -2.16. The van der Waals surface area contributed by atoms with Crippen LogP contribution in [0.4, 0.5) is 0 Å². The van der Waals surface area contributed by atoms with Gasteiger partial charge in [0.25, 0.3) is 0 Å². The quantitative estimate of drug-likeness (QED) is 0.775.